The molecule has 6 nitrogen and oxygen atoms in total. The molecule has 0 aliphatic heterocycles. The Kier molecular flexibility index (Phi) is 5.54. The van der Waals surface area contributed by atoms with Gasteiger partial charge in [-0.1, -0.05) is 18.2 Å². The van der Waals surface area contributed by atoms with Gasteiger partial charge in [-0.05, 0) is 104 Å². The highest BCUT2D eigenvalue weighted by Gasteiger charge is 2.95. The number of hydrogen-bond acceptors (Lipinski definition) is 5. The third-order valence-corrected chi connectivity index (χ3v) is 8.69. The van der Waals surface area contributed by atoms with Gasteiger partial charge in [0.2, 0.25) is 5.88 Å². The summed E-state index contributed by atoms with van der Waals surface area (Å²) in [6.45, 7) is 9.09. The van der Waals surface area contributed by atoms with Crippen molar-refractivity contribution in [3.63, 3.8) is 0 Å². The zero-order chi connectivity index (χ0) is 26.8. The molecule has 1 aromatic heterocycles. The molecule has 0 spiro atoms. The van der Waals surface area contributed by atoms with Gasteiger partial charge >= 0.3 is 5.97 Å². The quantitative estimate of drug-likeness (QED) is 0.312. The fourth-order valence-corrected chi connectivity index (χ4v) is 6.71. The Hall–Kier alpha value is -3.85. The second-order valence-electron chi connectivity index (χ2n) is 11.7. The largest absolute Gasteiger partial charge is 0.494 e. The number of carboxylic acid groups (broad SMARTS) is 1. The summed E-state index contributed by atoms with van der Waals surface area (Å²) in [6.07, 6.45) is 3.46. The van der Waals surface area contributed by atoms with Gasteiger partial charge < -0.3 is 14.6 Å². The van der Waals surface area contributed by atoms with Crippen LogP contribution in [-0.4, -0.2) is 22.7 Å². The second-order valence-corrected chi connectivity index (χ2v) is 11.7. The maximum Gasteiger partial charge on any atom is 0.311 e. The van der Waals surface area contributed by atoms with Crippen molar-refractivity contribution in [3.05, 3.63) is 76.5 Å². The number of hydrogen-bond donors (Lipinski definition) is 1. The molecule has 0 saturated heterocycles. The van der Waals surface area contributed by atoms with Gasteiger partial charge in [-0.25, -0.2) is 4.98 Å². The van der Waals surface area contributed by atoms with Crippen LogP contribution in [0.1, 0.15) is 66.3 Å². The molecule has 0 amide bonds. The third-order valence-electron chi connectivity index (χ3n) is 8.69. The van der Waals surface area contributed by atoms with Gasteiger partial charge in [0.25, 0.3) is 0 Å². The van der Waals surface area contributed by atoms with Crippen LogP contribution in [0.15, 0.2) is 48.7 Å². The topological polar surface area (TPSA) is 92.4 Å². The highest BCUT2D eigenvalue weighted by Crippen LogP contribution is 2.96. The fourth-order valence-electron chi connectivity index (χ4n) is 6.71. The minimum absolute atomic E-state index is 0.149. The van der Waals surface area contributed by atoms with Crippen LogP contribution in [0.25, 0.3) is 11.1 Å². The number of benzene rings is 2. The monoisotopic (exact) mass is 508 g/mol. The van der Waals surface area contributed by atoms with Gasteiger partial charge in [0.05, 0.1) is 23.5 Å². The van der Waals surface area contributed by atoms with Crippen molar-refractivity contribution in [1.82, 2.24) is 4.98 Å². The Bertz CT molecular complexity index is 1480. The predicted molar refractivity (Wildman–Crippen MR) is 143 cm³/mol. The van der Waals surface area contributed by atoms with Gasteiger partial charge in [-0.15, -0.1) is 0 Å². The van der Waals surface area contributed by atoms with Crippen LogP contribution in [0.4, 0.5) is 0 Å². The van der Waals surface area contributed by atoms with Crippen LogP contribution in [0.2, 0.25) is 0 Å². The summed E-state index contributed by atoms with van der Waals surface area (Å²) < 4.78 is 12.0. The Morgan fingerprint density at radius 3 is 2.53 bits per heavy atom. The minimum Gasteiger partial charge on any atom is -0.494 e. The van der Waals surface area contributed by atoms with E-state index >= 15 is 0 Å². The van der Waals surface area contributed by atoms with Gasteiger partial charge in [-0.2, -0.15) is 5.26 Å². The number of aryl methyl sites for hydroxylation is 2. The fraction of sp³-hybridized carbons (Fsp3) is 0.406. The van der Waals surface area contributed by atoms with Crippen molar-refractivity contribution in [2.75, 3.05) is 6.61 Å². The number of aliphatic carboxylic acids is 1. The number of nitriles is 1. The maximum absolute atomic E-state index is 11.7. The van der Waals surface area contributed by atoms with Gasteiger partial charge in [0.15, 0.2) is 0 Å². The molecule has 1 heterocycles. The number of carboxylic acids is 1. The average molecular weight is 509 g/mol. The lowest BCUT2D eigenvalue weighted by Gasteiger charge is -2.17. The molecule has 2 fully saturated rings. The molecule has 2 aromatic carbocycles. The molecule has 0 radical (unpaired) electrons. The van der Waals surface area contributed by atoms with E-state index in [1.165, 1.54) is 5.56 Å². The summed E-state index contributed by atoms with van der Waals surface area (Å²) in [6, 6.07) is 16.8. The maximum atomic E-state index is 11.7. The molecule has 4 aliphatic rings. The summed E-state index contributed by atoms with van der Waals surface area (Å²) in [7, 11) is 0. The van der Waals surface area contributed by atoms with E-state index in [1.54, 1.807) is 0 Å². The molecule has 194 valence electrons. The standard InChI is InChI=1S/C32H32N2O4/c1-18-11-22(37-10-6-9-31(3,4)17-33)12-19(2)26(18)21-8-5-7-20(13-21)16-38-25-14-23-24(15-34-25)28-29-27(23)32(28,29)30(35)36/h5,7-8,11-15,27-29H,6,9-10,16H2,1-4H3,(H,35,36)/t27?,28?,29-,32-/m1/s1. The van der Waals surface area contributed by atoms with Crippen LogP contribution in [0.5, 0.6) is 11.6 Å². The molecule has 2 bridgehead atoms. The summed E-state index contributed by atoms with van der Waals surface area (Å²) in [5.41, 5.74) is 7.00. The van der Waals surface area contributed by atoms with E-state index in [4.69, 9.17) is 9.47 Å². The van der Waals surface area contributed by atoms with Gasteiger partial charge in [-0.3, -0.25) is 4.79 Å². The Balaban J connectivity index is 1.11. The van der Waals surface area contributed by atoms with E-state index in [1.807, 2.05) is 38.2 Å². The summed E-state index contributed by atoms with van der Waals surface area (Å²) in [4.78, 5) is 16.2. The first-order valence-corrected chi connectivity index (χ1v) is 13.3. The van der Waals surface area contributed by atoms with Gasteiger partial charge in [0.1, 0.15) is 12.4 Å². The zero-order valence-electron chi connectivity index (χ0n) is 22.2. The predicted octanol–water partition coefficient (Wildman–Crippen LogP) is 6.55. The average Bonchev–Trinajstić information content (AvgIpc) is 3.68. The van der Waals surface area contributed by atoms with Crippen LogP contribution < -0.4 is 9.47 Å². The van der Waals surface area contributed by atoms with E-state index in [0.29, 0.717) is 19.1 Å². The SMILES string of the molecule is Cc1cc(OCCCC(C)(C)C#N)cc(C)c1-c1cccc(COc2cc3c(cn2)C2[C@H]4C3[C@@]24C(=O)O)c1. The van der Waals surface area contributed by atoms with Crippen LogP contribution >= 0.6 is 0 Å². The van der Waals surface area contributed by atoms with Crippen molar-refractivity contribution >= 4 is 5.97 Å². The van der Waals surface area contributed by atoms with E-state index < -0.39 is 11.4 Å². The highest BCUT2D eigenvalue weighted by atomic mass is 16.5. The lowest BCUT2D eigenvalue weighted by molar-refractivity contribution is -0.141. The molecular weight excluding hydrogens is 476 g/mol. The molecule has 6 heteroatoms. The molecule has 2 unspecified atom stereocenters. The first kappa shape index (κ1) is 24.5. The van der Waals surface area contributed by atoms with E-state index in [0.717, 1.165) is 52.0 Å². The first-order valence-electron chi connectivity index (χ1n) is 13.3. The van der Waals surface area contributed by atoms with Crippen LogP contribution in [-0.2, 0) is 11.4 Å². The second kappa shape index (κ2) is 8.59. The Morgan fingerprint density at radius 1 is 1.11 bits per heavy atom. The minimum atomic E-state index is -0.669. The lowest BCUT2D eigenvalue weighted by Crippen LogP contribution is -2.10. The zero-order valence-corrected chi connectivity index (χ0v) is 22.2. The highest BCUT2D eigenvalue weighted by molar-refractivity contribution is 5.93. The van der Waals surface area contributed by atoms with Crippen LogP contribution in [0, 0.1) is 41.9 Å². The molecule has 7 rings (SSSR count). The number of rotatable bonds is 10. The third kappa shape index (κ3) is 3.75. The molecule has 4 atom stereocenters. The smallest absolute Gasteiger partial charge is 0.311 e. The number of aromatic nitrogens is 1. The summed E-state index contributed by atoms with van der Waals surface area (Å²) in [5, 5.41) is 18.8. The summed E-state index contributed by atoms with van der Waals surface area (Å²) in [5.74, 6) is 1.33. The number of ether oxygens (including phenoxy) is 2. The molecular formula is C32H32N2O4. The molecule has 2 saturated carbocycles. The number of carbonyl (C=O) groups is 1. The first-order chi connectivity index (χ1) is 18.2. The van der Waals surface area contributed by atoms with Crippen molar-refractivity contribution < 1.29 is 19.4 Å². The van der Waals surface area contributed by atoms with Crippen LogP contribution in [0.3, 0.4) is 0 Å². The molecule has 4 aliphatic carbocycles. The van der Waals surface area contributed by atoms with Crippen molar-refractivity contribution in [1.29, 1.82) is 5.26 Å². The van der Waals surface area contributed by atoms with Crippen molar-refractivity contribution in [2.45, 2.75) is 59.0 Å². The Labute approximate surface area is 223 Å². The number of pyridine rings is 1. The molecule has 3 aromatic rings. The normalized spacial score (nSPS) is 23.7. The van der Waals surface area contributed by atoms with E-state index in [-0.39, 0.29) is 23.2 Å². The Morgan fingerprint density at radius 2 is 1.84 bits per heavy atom. The van der Waals surface area contributed by atoms with E-state index in [2.05, 4.69) is 49.2 Å². The molecule has 38 heavy (non-hydrogen) atoms. The lowest BCUT2D eigenvalue weighted by atomic mass is 9.90. The van der Waals surface area contributed by atoms with Crippen molar-refractivity contribution in [3.8, 4) is 28.8 Å². The summed E-state index contributed by atoms with van der Waals surface area (Å²) >= 11 is 0. The van der Waals surface area contributed by atoms with Gasteiger partial charge in [0, 0.05) is 24.1 Å². The number of nitrogens with zero attached hydrogens (tertiary/aromatic N) is 2. The molecule has 1 N–H and O–H groups in total. The van der Waals surface area contributed by atoms with E-state index in [9.17, 15) is 15.2 Å². The van der Waals surface area contributed by atoms with Crippen molar-refractivity contribution in [2.24, 2.45) is 16.7 Å².